The van der Waals surface area contributed by atoms with Crippen molar-refractivity contribution in [1.82, 2.24) is 9.78 Å². The molecule has 0 aromatic carbocycles. The number of aromatic nitrogens is 2. The van der Waals surface area contributed by atoms with Crippen LogP contribution < -0.4 is 4.74 Å². The molecule has 1 rings (SSSR count). The molecule has 0 spiro atoms. The molecule has 0 N–H and O–H groups in total. The Hall–Kier alpha value is -1.14. The third kappa shape index (κ3) is 1.93. The standard InChI is InChI=1S/C8H8ClN2O/c1-3-4-5-12-8-7(9)6-10-11(8)2/h1H,4-5H2,2H3. The van der Waals surface area contributed by atoms with Crippen LogP contribution in [0.1, 0.15) is 6.42 Å². The lowest BCUT2D eigenvalue weighted by atomic mass is 10.5. The average Bonchev–Trinajstić information content (AvgIpc) is 2.35. The summed E-state index contributed by atoms with van der Waals surface area (Å²) < 4.78 is 6.76. The van der Waals surface area contributed by atoms with E-state index in [9.17, 15) is 0 Å². The average molecular weight is 184 g/mol. The summed E-state index contributed by atoms with van der Waals surface area (Å²) in [6.45, 7) is 0.448. The molecular weight excluding hydrogens is 176 g/mol. The van der Waals surface area contributed by atoms with Crippen LogP contribution in [-0.2, 0) is 7.05 Å². The lowest BCUT2D eigenvalue weighted by Crippen LogP contribution is -2.01. The zero-order valence-corrected chi connectivity index (χ0v) is 7.43. The molecular formula is C8H8ClN2O. The molecule has 0 saturated heterocycles. The van der Waals surface area contributed by atoms with E-state index >= 15 is 0 Å². The molecule has 12 heavy (non-hydrogen) atoms. The number of hydrogen-bond donors (Lipinski definition) is 0. The minimum absolute atomic E-state index is 0.384. The highest BCUT2D eigenvalue weighted by Crippen LogP contribution is 2.21. The SMILES string of the molecule is C#CCCOc1c(Cl)[c]nn1C. The highest BCUT2D eigenvalue weighted by Gasteiger charge is 2.06. The molecule has 0 aliphatic rings. The van der Waals surface area contributed by atoms with Crippen molar-refractivity contribution in [3.05, 3.63) is 11.2 Å². The Bertz CT molecular complexity index is 281. The van der Waals surface area contributed by atoms with Crippen molar-refractivity contribution in [2.45, 2.75) is 6.42 Å². The Morgan fingerprint density at radius 1 is 1.83 bits per heavy atom. The van der Waals surface area contributed by atoms with Crippen LogP contribution in [0.25, 0.3) is 0 Å². The van der Waals surface area contributed by atoms with Gasteiger partial charge >= 0.3 is 0 Å². The van der Waals surface area contributed by atoms with Gasteiger partial charge in [-0.05, 0) is 0 Å². The first kappa shape index (κ1) is 8.95. The summed E-state index contributed by atoms with van der Waals surface area (Å²) in [5, 5.41) is 4.16. The Balaban J connectivity index is 2.57. The monoisotopic (exact) mass is 183 g/mol. The summed E-state index contributed by atoms with van der Waals surface area (Å²) in [5.74, 6) is 2.97. The molecule has 0 unspecified atom stereocenters. The second-order valence-corrected chi connectivity index (χ2v) is 2.54. The molecule has 0 fully saturated rings. The molecule has 63 valence electrons. The summed E-state index contributed by atoms with van der Waals surface area (Å²) in [7, 11) is 1.73. The topological polar surface area (TPSA) is 27.1 Å². The summed E-state index contributed by atoms with van der Waals surface area (Å²) >= 11 is 5.71. The third-order valence-electron chi connectivity index (χ3n) is 1.27. The largest absolute Gasteiger partial charge is 0.476 e. The second kappa shape index (κ2) is 4.03. The fraction of sp³-hybridized carbons (Fsp3) is 0.375. The summed E-state index contributed by atoms with van der Waals surface area (Å²) in [4.78, 5) is 0. The first-order chi connectivity index (χ1) is 5.75. The molecule has 1 aromatic rings. The number of ether oxygens (including phenoxy) is 1. The minimum atomic E-state index is 0.384. The van der Waals surface area contributed by atoms with Gasteiger partial charge in [-0.1, -0.05) is 11.6 Å². The van der Waals surface area contributed by atoms with E-state index in [2.05, 4.69) is 17.2 Å². The van der Waals surface area contributed by atoms with Gasteiger partial charge in [0.05, 0.1) is 0 Å². The quantitative estimate of drug-likeness (QED) is 0.522. The van der Waals surface area contributed by atoms with Crippen molar-refractivity contribution in [2.24, 2.45) is 7.05 Å². The maximum atomic E-state index is 5.71. The van der Waals surface area contributed by atoms with Gasteiger partial charge in [-0.25, -0.2) is 4.68 Å². The van der Waals surface area contributed by atoms with Gasteiger partial charge in [0.25, 0.3) is 0 Å². The molecule has 3 nitrogen and oxygen atoms in total. The summed E-state index contributed by atoms with van der Waals surface area (Å²) in [6, 6.07) is 0. The van der Waals surface area contributed by atoms with E-state index < -0.39 is 0 Å². The predicted octanol–water partition coefficient (Wildman–Crippen LogP) is 1.28. The maximum absolute atomic E-state index is 5.71. The normalized spacial score (nSPS) is 9.42. The zero-order valence-electron chi connectivity index (χ0n) is 6.67. The molecule has 4 heteroatoms. The lowest BCUT2D eigenvalue weighted by Gasteiger charge is -2.03. The van der Waals surface area contributed by atoms with Gasteiger partial charge in [0, 0.05) is 13.5 Å². The first-order valence-corrected chi connectivity index (χ1v) is 3.80. The van der Waals surface area contributed by atoms with Gasteiger partial charge < -0.3 is 4.74 Å². The number of rotatable bonds is 3. The van der Waals surface area contributed by atoms with Gasteiger partial charge in [-0.2, -0.15) is 5.10 Å². The van der Waals surface area contributed by atoms with Crippen molar-refractivity contribution >= 4 is 11.6 Å². The summed E-state index contributed by atoms with van der Waals surface area (Å²) in [6.07, 6.45) is 8.17. The van der Waals surface area contributed by atoms with Gasteiger partial charge in [0.2, 0.25) is 5.88 Å². The van der Waals surface area contributed by atoms with Gasteiger partial charge in [-0.3, -0.25) is 0 Å². The molecule has 0 aliphatic carbocycles. The number of nitrogens with zero attached hydrogens (tertiary/aromatic N) is 2. The number of hydrogen-bond acceptors (Lipinski definition) is 2. The van der Waals surface area contributed by atoms with E-state index in [1.165, 1.54) is 4.68 Å². The van der Waals surface area contributed by atoms with E-state index in [1.54, 1.807) is 7.05 Å². The Labute approximate surface area is 76.3 Å². The molecule has 1 heterocycles. The van der Waals surface area contributed by atoms with Crippen LogP contribution in [0.2, 0.25) is 5.02 Å². The highest BCUT2D eigenvalue weighted by atomic mass is 35.5. The van der Waals surface area contributed by atoms with E-state index in [4.69, 9.17) is 22.8 Å². The molecule has 0 bridgehead atoms. The van der Waals surface area contributed by atoms with Crippen molar-refractivity contribution in [2.75, 3.05) is 6.61 Å². The first-order valence-electron chi connectivity index (χ1n) is 3.42. The van der Waals surface area contributed by atoms with Crippen molar-refractivity contribution in [1.29, 1.82) is 0 Å². The van der Waals surface area contributed by atoms with Crippen LogP contribution >= 0.6 is 11.6 Å². The van der Waals surface area contributed by atoms with E-state index in [0.717, 1.165) is 0 Å². The van der Waals surface area contributed by atoms with Gasteiger partial charge in [-0.15, -0.1) is 12.3 Å². The molecule has 0 atom stereocenters. The second-order valence-electron chi connectivity index (χ2n) is 2.16. The fourth-order valence-electron chi connectivity index (χ4n) is 0.718. The van der Waals surface area contributed by atoms with Gasteiger partial charge in [0.1, 0.15) is 17.8 Å². The van der Waals surface area contributed by atoms with Crippen molar-refractivity contribution in [3.8, 4) is 18.2 Å². The number of aryl methyl sites for hydroxylation is 1. The Kier molecular flexibility index (Phi) is 3.01. The van der Waals surface area contributed by atoms with Crippen LogP contribution in [0.5, 0.6) is 5.88 Å². The zero-order chi connectivity index (χ0) is 8.97. The lowest BCUT2D eigenvalue weighted by molar-refractivity contribution is 0.298. The van der Waals surface area contributed by atoms with E-state index in [0.29, 0.717) is 23.9 Å². The highest BCUT2D eigenvalue weighted by molar-refractivity contribution is 6.31. The van der Waals surface area contributed by atoms with E-state index in [-0.39, 0.29) is 0 Å². The van der Waals surface area contributed by atoms with Crippen LogP contribution in [-0.4, -0.2) is 16.4 Å². The maximum Gasteiger partial charge on any atom is 0.231 e. The molecule has 0 amide bonds. The van der Waals surface area contributed by atoms with Crippen LogP contribution in [0.3, 0.4) is 0 Å². The molecule has 0 aliphatic heterocycles. The Morgan fingerprint density at radius 2 is 2.58 bits per heavy atom. The molecule has 1 aromatic heterocycles. The smallest absolute Gasteiger partial charge is 0.231 e. The van der Waals surface area contributed by atoms with Crippen molar-refractivity contribution in [3.63, 3.8) is 0 Å². The van der Waals surface area contributed by atoms with E-state index in [1.807, 2.05) is 0 Å². The number of halogens is 1. The Morgan fingerprint density at radius 3 is 3.08 bits per heavy atom. The minimum Gasteiger partial charge on any atom is -0.476 e. The number of terminal acetylenes is 1. The summed E-state index contributed by atoms with van der Waals surface area (Å²) in [5.41, 5.74) is 0. The van der Waals surface area contributed by atoms with Crippen LogP contribution in [0, 0.1) is 18.5 Å². The fourth-order valence-corrected chi connectivity index (χ4v) is 0.932. The van der Waals surface area contributed by atoms with Crippen LogP contribution in [0.15, 0.2) is 0 Å². The molecule has 1 radical (unpaired) electrons. The third-order valence-corrected chi connectivity index (χ3v) is 1.51. The van der Waals surface area contributed by atoms with Gasteiger partial charge in [0.15, 0.2) is 0 Å². The van der Waals surface area contributed by atoms with Crippen molar-refractivity contribution < 1.29 is 4.74 Å². The predicted molar refractivity (Wildman–Crippen MR) is 46.0 cm³/mol. The van der Waals surface area contributed by atoms with Crippen LogP contribution in [0.4, 0.5) is 0 Å². The molecule has 0 saturated carbocycles.